The first-order valence-corrected chi connectivity index (χ1v) is 8.87. The van der Waals surface area contributed by atoms with E-state index in [0.717, 1.165) is 25.5 Å². The molecule has 0 aromatic carbocycles. The molecule has 0 unspecified atom stereocenters. The van der Waals surface area contributed by atoms with Crippen LogP contribution in [0.2, 0.25) is 0 Å². The van der Waals surface area contributed by atoms with E-state index >= 15 is 0 Å². The normalized spacial score (nSPS) is 19.9. The van der Waals surface area contributed by atoms with E-state index in [-0.39, 0.29) is 35.8 Å². The van der Waals surface area contributed by atoms with Crippen LogP contribution in [0.4, 0.5) is 0 Å². The lowest BCUT2D eigenvalue weighted by molar-refractivity contribution is -0.147. The molecule has 0 bridgehead atoms. The quantitative estimate of drug-likeness (QED) is 0.245. The van der Waals surface area contributed by atoms with Gasteiger partial charge in [-0.15, -0.1) is 24.0 Å². The van der Waals surface area contributed by atoms with E-state index in [2.05, 4.69) is 15.6 Å². The van der Waals surface area contributed by atoms with Crippen LogP contribution in [0.1, 0.15) is 44.9 Å². The van der Waals surface area contributed by atoms with Crippen molar-refractivity contribution in [2.75, 3.05) is 40.4 Å². The smallest absolute Gasteiger partial charge is 0.229 e. The predicted molar refractivity (Wildman–Crippen MR) is 108 cm³/mol. The van der Waals surface area contributed by atoms with E-state index in [9.17, 15) is 9.59 Å². The zero-order chi connectivity index (χ0) is 17.4. The fourth-order valence-corrected chi connectivity index (χ4v) is 3.34. The maximum absolute atomic E-state index is 11.8. The Labute approximate surface area is 167 Å². The van der Waals surface area contributed by atoms with E-state index in [1.807, 2.05) is 0 Å². The number of rotatable bonds is 8. The topological polar surface area (TPSA) is 83.0 Å². The van der Waals surface area contributed by atoms with Crippen molar-refractivity contribution in [3.05, 3.63) is 0 Å². The van der Waals surface area contributed by atoms with Gasteiger partial charge in [0.2, 0.25) is 11.8 Å². The number of carbonyl (C=O) groups excluding carboxylic acids is 2. The number of guanidine groups is 1. The van der Waals surface area contributed by atoms with Gasteiger partial charge in [0.25, 0.3) is 0 Å². The van der Waals surface area contributed by atoms with E-state index in [1.54, 1.807) is 14.2 Å². The SMILES string of the molecule is CN=C(NCCN1C(=O)CCCC1=O)NCC1(CCOC)CCC1.I. The number of hydrogen-bond acceptors (Lipinski definition) is 4. The number of nitrogens with zero attached hydrogens (tertiary/aromatic N) is 2. The maximum Gasteiger partial charge on any atom is 0.229 e. The summed E-state index contributed by atoms with van der Waals surface area (Å²) in [6.45, 7) is 2.57. The van der Waals surface area contributed by atoms with Crippen LogP contribution in [0, 0.1) is 5.41 Å². The minimum absolute atomic E-state index is 0. The first-order valence-electron chi connectivity index (χ1n) is 8.87. The van der Waals surface area contributed by atoms with E-state index in [0.29, 0.717) is 37.8 Å². The zero-order valence-corrected chi connectivity index (χ0v) is 17.6. The lowest BCUT2D eigenvalue weighted by Crippen LogP contribution is -2.49. The highest BCUT2D eigenvalue weighted by atomic mass is 127. The molecule has 1 saturated carbocycles. The first-order chi connectivity index (χ1) is 11.6. The molecule has 8 heteroatoms. The van der Waals surface area contributed by atoms with Crippen molar-refractivity contribution in [3.8, 4) is 0 Å². The van der Waals surface area contributed by atoms with Gasteiger partial charge in [0, 0.05) is 53.2 Å². The van der Waals surface area contributed by atoms with Gasteiger partial charge >= 0.3 is 0 Å². The Morgan fingerprint density at radius 3 is 2.40 bits per heavy atom. The summed E-state index contributed by atoms with van der Waals surface area (Å²) in [5.74, 6) is 0.587. The van der Waals surface area contributed by atoms with Crippen LogP contribution in [-0.4, -0.2) is 63.1 Å². The molecule has 2 amide bonds. The van der Waals surface area contributed by atoms with Crippen molar-refractivity contribution in [2.45, 2.75) is 44.9 Å². The van der Waals surface area contributed by atoms with Crippen molar-refractivity contribution < 1.29 is 14.3 Å². The van der Waals surface area contributed by atoms with Crippen molar-refractivity contribution in [3.63, 3.8) is 0 Å². The number of amides is 2. The molecular formula is C17H31IN4O3. The molecule has 144 valence electrons. The number of nitrogens with one attached hydrogen (secondary N) is 2. The molecule has 1 aliphatic carbocycles. The van der Waals surface area contributed by atoms with Crippen LogP contribution in [-0.2, 0) is 14.3 Å². The molecule has 1 saturated heterocycles. The molecule has 1 aliphatic heterocycles. The number of hydrogen-bond donors (Lipinski definition) is 2. The Morgan fingerprint density at radius 2 is 1.88 bits per heavy atom. The van der Waals surface area contributed by atoms with E-state index in [1.165, 1.54) is 24.2 Å². The summed E-state index contributed by atoms with van der Waals surface area (Å²) in [7, 11) is 3.47. The summed E-state index contributed by atoms with van der Waals surface area (Å²) < 4.78 is 5.22. The maximum atomic E-state index is 11.8. The zero-order valence-electron chi connectivity index (χ0n) is 15.3. The summed E-state index contributed by atoms with van der Waals surface area (Å²) in [6.07, 6.45) is 6.39. The van der Waals surface area contributed by atoms with Gasteiger partial charge in [-0.2, -0.15) is 0 Å². The number of methoxy groups -OCH3 is 1. The van der Waals surface area contributed by atoms with Crippen molar-refractivity contribution >= 4 is 41.8 Å². The average Bonchev–Trinajstić information content (AvgIpc) is 2.54. The van der Waals surface area contributed by atoms with Crippen LogP contribution < -0.4 is 10.6 Å². The Balaban J connectivity index is 0.00000312. The molecule has 0 atom stereocenters. The molecule has 2 rings (SSSR count). The molecule has 2 N–H and O–H groups in total. The molecule has 1 heterocycles. The monoisotopic (exact) mass is 466 g/mol. The van der Waals surface area contributed by atoms with Crippen LogP contribution in [0.3, 0.4) is 0 Å². The second-order valence-corrected chi connectivity index (χ2v) is 6.74. The first kappa shape index (κ1) is 22.1. The van der Waals surface area contributed by atoms with Gasteiger partial charge in [0.1, 0.15) is 0 Å². The van der Waals surface area contributed by atoms with Gasteiger partial charge < -0.3 is 15.4 Å². The molecule has 0 aromatic heterocycles. The molecule has 0 radical (unpaired) electrons. The summed E-state index contributed by atoms with van der Waals surface area (Å²) in [6, 6.07) is 0. The Kier molecular flexibility index (Phi) is 9.70. The van der Waals surface area contributed by atoms with Crippen molar-refractivity contribution in [1.29, 1.82) is 0 Å². The largest absolute Gasteiger partial charge is 0.385 e. The number of aliphatic imine (C=N–C) groups is 1. The van der Waals surface area contributed by atoms with Crippen LogP contribution in [0.25, 0.3) is 0 Å². The number of piperidine rings is 1. The van der Waals surface area contributed by atoms with Crippen LogP contribution in [0.15, 0.2) is 4.99 Å². The Morgan fingerprint density at radius 1 is 1.20 bits per heavy atom. The number of likely N-dealkylation sites (tertiary alicyclic amines) is 1. The van der Waals surface area contributed by atoms with Gasteiger partial charge in [0.05, 0.1) is 0 Å². The van der Waals surface area contributed by atoms with Crippen molar-refractivity contribution in [2.24, 2.45) is 10.4 Å². The minimum atomic E-state index is -0.0658. The van der Waals surface area contributed by atoms with Gasteiger partial charge in [-0.1, -0.05) is 6.42 Å². The van der Waals surface area contributed by atoms with Gasteiger partial charge in [0.15, 0.2) is 5.96 Å². The van der Waals surface area contributed by atoms with Gasteiger partial charge in [-0.25, -0.2) is 0 Å². The predicted octanol–water partition coefficient (Wildman–Crippen LogP) is 1.52. The molecular weight excluding hydrogens is 435 g/mol. The summed E-state index contributed by atoms with van der Waals surface area (Å²) in [4.78, 5) is 29.1. The molecule has 7 nitrogen and oxygen atoms in total. The molecule has 25 heavy (non-hydrogen) atoms. The third kappa shape index (κ3) is 6.40. The second kappa shape index (κ2) is 10.9. The Bertz CT molecular complexity index is 465. The molecule has 0 aromatic rings. The third-order valence-corrected chi connectivity index (χ3v) is 5.12. The lowest BCUT2D eigenvalue weighted by atomic mass is 9.67. The molecule has 2 aliphatic rings. The molecule has 2 fully saturated rings. The number of halogens is 1. The average molecular weight is 466 g/mol. The van der Waals surface area contributed by atoms with Gasteiger partial charge in [-0.3, -0.25) is 19.5 Å². The van der Waals surface area contributed by atoms with Crippen LogP contribution in [0.5, 0.6) is 0 Å². The summed E-state index contributed by atoms with van der Waals surface area (Å²) >= 11 is 0. The van der Waals surface area contributed by atoms with E-state index in [4.69, 9.17) is 4.74 Å². The fourth-order valence-electron chi connectivity index (χ4n) is 3.34. The number of imide groups is 1. The fraction of sp³-hybridized carbons (Fsp3) is 0.824. The highest BCUT2D eigenvalue weighted by Gasteiger charge is 2.36. The molecule has 0 spiro atoms. The van der Waals surface area contributed by atoms with Crippen LogP contribution >= 0.6 is 24.0 Å². The number of carbonyl (C=O) groups is 2. The summed E-state index contributed by atoms with van der Waals surface area (Å²) in [5.41, 5.74) is 0.312. The minimum Gasteiger partial charge on any atom is -0.385 e. The highest BCUT2D eigenvalue weighted by Crippen LogP contribution is 2.43. The lowest BCUT2D eigenvalue weighted by Gasteiger charge is -2.42. The summed E-state index contributed by atoms with van der Waals surface area (Å²) in [5, 5.41) is 6.57. The highest BCUT2D eigenvalue weighted by molar-refractivity contribution is 14.0. The van der Waals surface area contributed by atoms with Gasteiger partial charge in [-0.05, 0) is 31.1 Å². The Hall–Kier alpha value is -0.900. The standard InChI is InChI=1S/C17H30N4O3.HI/c1-18-16(20-13-17(7-4-8-17)9-12-24-2)19-10-11-21-14(22)5-3-6-15(21)23;/h3-13H2,1-2H3,(H2,18,19,20);1H. The van der Waals surface area contributed by atoms with E-state index < -0.39 is 0 Å². The van der Waals surface area contributed by atoms with Crippen molar-refractivity contribution in [1.82, 2.24) is 15.5 Å². The third-order valence-electron chi connectivity index (χ3n) is 5.12. The number of ether oxygens (including phenoxy) is 1. The second-order valence-electron chi connectivity index (χ2n) is 6.74.